The Morgan fingerprint density at radius 1 is 1.25 bits per heavy atom. The van der Waals surface area contributed by atoms with Gasteiger partial charge in [-0.2, -0.15) is 0 Å². The highest BCUT2D eigenvalue weighted by atomic mass is 79.9. The number of halogens is 1. The number of nitrogens with zero attached hydrogens (tertiary/aromatic N) is 3. The van der Waals surface area contributed by atoms with E-state index in [9.17, 15) is 14.4 Å². The monoisotopic (exact) mass is 395 g/mol. The minimum Gasteiger partial charge on any atom is -0.342 e. The van der Waals surface area contributed by atoms with Crippen molar-refractivity contribution in [2.75, 3.05) is 37.6 Å². The van der Waals surface area contributed by atoms with Gasteiger partial charge in [0.25, 0.3) is 0 Å². The molecule has 24 heavy (non-hydrogen) atoms. The van der Waals surface area contributed by atoms with Crippen LogP contribution in [0, 0.1) is 6.92 Å². The number of amides is 3. The number of carbonyl (C=O) groups excluding carboxylic acids is 3. The normalized spacial score (nSPS) is 14.5. The summed E-state index contributed by atoms with van der Waals surface area (Å²) in [6.07, 6.45) is 1.08. The molecule has 0 N–H and O–H groups in total. The molecule has 0 aliphatic carbocycles. The van der Waals surface area contributed by atoms with Crippen LogP contribution < -0.4 is 4.90 Å². The van der Waals surface area contributed by atoms with Gasteiger partial charge in [-0.3, -0.25) is 14.4 Å². The second-order valence-electron chi connectivity index (χ2n) is 5.88. The van der Waals surface area contributed by atoms with E-state index in [0.717, 1.165) is 22.1 Å². The van der Waals surface area contributed by atoms with E-state index in [1.165, 1.54) is 6.92 Å². The Hall–Kier alpha value is -1.89. The molecule has 0 saturated carbocycles. The number of aryl methyl sites for hydroxylation is 1. The second kappa shape index (κ2) is 8.28. The van der Waals surface area contributed by atoms with E-state index < -0.39 is 0 Å². The molecule has 7 heteroatoms. The fourth-order valence-corrected chi connectivity index (χ4v) is 3.03. The Balaban J connectivity index is 1.96. The molecule has 1 saturated heterocycles. The molecule has 1 aromatic carbocycles. The molecule has 1 fully saturated rings. The third-order valence-electron chi connectivity index (χ3n) is 4.21. The quantitative estimate of drug-likeness (QED) is 0.714. The summed E-state index contributed by atoms with van der Waals surface area (Å²) < 4.78 is 0.933. The van der Waals surface area contributed by atoms with Crippen molar-refractivity contribution in [1.29, 1.82) is 0 Å². The zero-order valence-electron chi connectivity index (χ0n) is 14.0. The highest BCUT2D eigenvalue weighted by Crippen LogP contribution is 2.24. The van der Waals surface area contributed by atoms with Crippen LogP contribution in [0.1, 0.15) is 18.9 Å². The van der Waals surface area contributed by atoms with Crippen molar-refractivity contribution in [3.05, 3.63) is 28.2 Å². The first-order chi connectivity index (χ1) is 11.4. The minimum absolute atomic E-state index is 0.0120. The molecule has 0 atom stereocenters. The van der Waals surface area contributed by atoms with Gasteiger partial charge >= 0.3 is 0 Å². The Labute approximate surface area is 150 Å². The van der Waals surface area contributed by atoms with Crippen LogP contribution in [0.3, 0.4) is 0 Å². The molecule has 1 aliphatic heterocycles. The van der Waals surface area contributed by atoms with Gasteiger partial charge in [-0.15, -0.1) is 0 Å². The molecule has 0 aromatic heterocycles. The summed E-state index contributed by atoms with van der Waals surface area (Å²) in [6.45, 7) is 6.06. The molecule has 3 amide bonds. The largest absolute Gasteiger partial charge is 0.342 e. The van der Waals surface area contributed by atoms with E-state index in [4.69, 9.17) is 0 Å². The van der Waals surface area contributed by atoms with Crippen molar-refractivity contribution in [1.82, 2.24) is 9.80 Å². The van der Waals surface area contributed by atoms with Crippen LogP contribution in [-0.2, 0) is 14.4 Å². The van der Waals surface area contributed by atoms with Gasteiger partial charge < -0.3 is 14.7 Å². The van der Waals surface area contributed by atoms with Gasteiger partial charge in [0.05, 0.1) is 0 Å². The van der Waals surface area contributed by atoms with Crippen molar-refractivity contribution in [3.63, 3.8) is 0 Å². The summed E-state index contributed by atoms with van der Waals surface area (Å²) in [5, 5.41) is 0. The lowest BCUT2D eigenvalue weighted by molar-refractivity contribution is -0.135. The number of piperazine rings is 1. The lowest BCUT2D eigenvalue weighted by atomic mass is 10.2. The number of carbonyl (C=O) groups is 3. The zero-order valence-corrected chi connectivity index (χ0v) is 15.6. The Bertz CT molecular complexity index is 628. The summed E-state index contributed by atoms with van der Waals surface area (Å²) >= 11 is 3.47. The summed E-state index contributed by atoms with van der Waals surface area (Å²) in [7, 11) is 0. The molecule has 0 radical (unpaired) electrons. The fourth-order valence-electron chi connectivity index (χ4n) is 2.66. The first-order valence-electron chi connectivity index (χ1n) is 7.93. The van der Waals surface area contributed by atoms with Crippen LogP contribution in [0.5, 0.6) is 0 Å². The first-order valence-corrected chi connectivity index (χ1v) is 8.73. The van der Waals surface area contributed by atoms with Crippen LogP contribution in [0.25, 0.3) is 0 Å². The maximum absolute atomic E-state index is 12.3. The number of anilines is 1. The lowest BCUT2D eigenvalue weighted by Crippen LogP contribution is -2.48. The Kier molecular flexibility index (Phi) is 6.36. The van der Waals surface area contributed by atoms with Gasteiger partial charge in [0.15, 0.2) is 0 Å². The maximum Gasteiger partial charge on any atom is 0.224 e. The molecule has 1 heterocycles. The van der Waals surface area contributed by atoms with Crippen molar-refractivity contribution in [2.24, 2.45) is 0 Å². The third-order valence-corrected chi connectivity index (χ3v) is 5.07. The number of rotatable bonds is 5. The zero-order chi connectivity index (χ0) is 17.7. The second-order valence-corrected chi connectivity index (χ2v) is 6.73. The van der Waals surface area contributed by atoms with Crippen LogP contribution in [0.2, 0.25) is 0 Å². The van der Waals surface area contributed by atoms with Gasteiger partial charge in [-0.1, -0.05) is 22.0 Å². The summed E-state index contributed by atoms with van der Waals surface area (Å²) in [6, 6.07) is 5.72. The molecule has 130 valence electrons. The Morgan fingerprint density at radius 3 is 2.46 bits per heavy atom. The Morgan fingerprint density at radius 2 is 1.92 bits per heavy atom. The fraction of sp³-hybridized carbons (Fsp3) is 0.471. The minimum atomic E-state index is -0.0932. The number of hydrogen-bond acceptors (Lipinski definition) is 3. The first kappa shape index (κ1) is 18.4. The van der Waals surface area contributed by atoms with Crippen molar-refractivity contribution in [2.45, 2.75) is 20.3 Å². The van der Waals surface area contributed by atoms with E-state index in [2.05, 4.69) is 15.9 Å². The molecule has 0 unspecified atom stereocenters. The third kappa shape index (κ3) is 4.56. The van der Waals surface area contributed by atoms with E-state index in [1.54, 1.807) is 14.7 Å². The lowest BCUT2D eigenvalue weighted by Gasteiger charge is -2.33. The van der Waals surface area contributed by atoms with E-state index in [-0.39, 0.29) is 18.2 Å². The predicted molar refractivity (Wildman–Crippen MR) is 95.7 cm³/mol. The standard InChI is InChI=1S/C17H22BrN3O3/c1-13-3-4-15(11-16(13)18)21(14(2)23)6-5-17(24)20-9-7-19(12-22)8-10-20/h3-4,11-12H,5-10H2,1-2H3. The molecule has 1 aliphatic rings. The van der Waals surface area contributed by atoms with Crippen molar-refractivity contribution >= 4 is 39.8 Å². The summed E-state index contributed by atoms with van der Waals surface area (Å²) in [4.78, 5) is 40.0. The van der Waals surface area contributed by atoms with Gasteiger partial charge in [0.1, 0.15) is 0 Å². The van der Waals surface area contributed by atoms with Crippen LogP contribution in [-0.4, -0.2) is 60.7 Å². The van der Waals surface area contributed by atoms with E-state index in [0.29, 0.717) is 32.7 Å². The van der Waals surface area contributed by atoms with Gasteiger partial charge in [-0.05, 0) is 24.6 Å². The molecule has 6 nitrogen and oxygen atoms in total. The predicted octanol–water partition coefficient (Wildman–Crippen LogP) is 1.80. The van der Waals surface area contributed by atoms with E-state index in [1.807, 2.05) is 25.1 Å². The van der Waals surface area contributed by atoms with Gasteiger partial charge in [0, 0.05) is 56.2 Å². The highest BCUT2D eigenvalue weighted by molar-refractivity contribution is 9.10. The van der Waals surface area contributed by atoms with Crippen LogP contribution in [0.4, 0.5) is 5.69 Å². The van der Waals surface area contributed by atoms with Crippen molar-refractivity contribution < 1.29 is 14.4 Å². The molecule has 2 rings (SSSR count). The molecule has 0 spiro atoms. The van der Waals surface area contributed by atoms with Gasteiger partial charge in [-0.25, -0.2) is 0 Å². The average Bonchev–Trinajstić information content (AvgIpc) is 2.57. The molecular formula is C17H22BrN3O3. The van der Waals surface area contributed by atoms with Crippen molar-refractivity contribution in [3.8, 4) is 0 Å². The van der Waals surface area contributed by atoms with Crippen LogP contribution >= 0.6 is 15.9 Å². The number of hydrogen-bond donors (Lipinski definition) is 0. The number of benzene rings is 1. The van der Waals surface area contributed by atoms with E-state index >= 15 is 0 Å². The molecular weight excluding hydrogens is 374 g/mol. The average molecular weight is 396 g/mol. The summed E-state index contributed by atoms with van der Waals surface area (Å²) in [5.74, 6) is -0.0812. The topological polar surface area (TPSA) is 60.9 Å². The molecule has 0 bridgehead atoms. The van der Waals surface area contributed by atoms with Gasteiger partial charge in [0.2, 0.25) is 18.2 Å². The smallest absolute Gasteiger partial charge is 0.224 e. The highest BCUT2D eigenvalue weighted by Gasteiger charge is 2.21. The SMILES string of the molecule is CC(=O)N(CCC(=O)N1CCN(C=O)CC1)c1ccc(C)c(Br)c1. The van der Waals surface area contributed by atoms with Crippen LogP contribution in [0.15, 0.2) is 22.7 Å². The molecule has 1 aromatic rings. The maximum atomic E-state index is 12.3. The summed E-state index contributed by atoms with van der Waals surface area (Å²) in [5.41, 5.74) is 1.87.